The SMILES string of the molecule is Cc1ccc(N2C(=O)[C@H]3C4c5ccccc5C([C@@H](C)O)(c5ccccc54)[C@H]3C2=O)cc1. The number of hydrogen-bond acceptors (Lipinski definition) is 3. The molecule has 4 heteroatoms. The van der Waals surface area contributed by atoms with Crippen molar-refractivity contribution in [2.45, 2.75) is 31.3 Å². The Balaban J connectivity index is 1.66. The summed E-state index contributed by atoms with van der Waals surface area (Å²) in [6.45, 7) is 3.73. The van der Waals surface area contributed by atoms with E-state index >= 15 is 0 Å². The zero-order valence-corrected chi connectivity index (χ0v) is 17.4. The lowest BCUT2D eigenvalue weighted by Gasteiger charge is -2.55. The summed E-state index contributed by atoms with van der Waals surface area (Å²) < 4.78 is 0. The van der Waals surface area contributed by atoms with Crippen molar-refractivity contribution in [3.63, 3.8) is 0 Å². The number of aryl methyl sites for hydroxylation is 1. The molecular formula is C27H23NO3. The summed E-state index contributed by atoms with van der Waals surface area (Å²) in [6, 6.07) is 23.5. The molecule has 4 nitrogen and oxygen atoms in total. The maximum Gasteiger partial charge on any atom is 0.239 e. The lowest BCUT2D eigenvalue weighted by molar-refractivity contribution is -0.126. The van der Waals surface area contributed by atoms with Crippen LogP contribution in [0.1, 0.15) is 40.7 Å². The number of hydrogen-bond donors (Lipinski definition) is 1. The maximum absolute atomic E-state index is 13.9. The molecule has 0 aromatic heterocycles. The molecule has 0 radical (unpaired) electrons. The first-order valence-electron chi connectivity index (χ1n) is 10.8. The Morgan fingerprint density at radius 1 is 0.839 bits per heavy atom. The average molecular weight is 409 g/mol. The molecule has 0 unspecified atom stereocenters. The minimum Gasteiger partial charge on any atom is -0.392 e. The summed E-state index contributed by atoms with van der Waals surface area (Å²) in [5.41, 5.74) is 4.77. The summed E-state index contributed by atoms with van der Waals surface area (Å²) in [5, 5.41) is 11.3. The zero-order valence-electron chi connectivity index (χ0n) is 17.4. The van der Waals surface area contributed by atoms with E-state index in [4.69, 9.17) is 0 Å². The van der Waals surface area contributed by atoms with E-state index < -0.39 is 23.4 Å². The molecule has 3 aromatic rings. The van der Waals surface area contributed by atoms with Gasteiger partial charge >= 0.3 is 0 Å². The van der Waals surface area contributed by atoms with Gasteiger partial charge in [-0.2, -0.15) is 0 Å². The molecule has 3 aromatic carbocycles. The number of carbonyl (C=O) groups excluding carboxylic acids is 2. The highest BCUT2D eigenvalue weighted by Crippen LogP contribution is 2.65. The monoisotopic (exact) mass is 409 g/mol. The van der Waals surface area contributed by atoms with Crippen LogP contribution in [0.25, 0.3) is 0 Å². The molecule has 2 amide bonds. The van der Waals surface area contributed by atoms with Crippen molar-refractivity contribution in [2.24, 2.45) is 11.8 Å². The van der Waals surface area contributed by atoms with Gasteiger partial charge in [-0.25, -0.2) is 4.90 Å². The number of carbonyl (C=O) groups is 2. The van der Waals surface area contributed by atoms with Gasteiger partial charge in [0.25, 0.3) is 0 Å². The lowest BCUT2D eigenvalue weighted by Crippen LogP contribution is -2.58. The Kier molecular flexibility index (Phi) is 3.67. The van der Waals surface area contributed by atoms with E-state index in [0.29, 0.717) is 5.69 Å². The van der Waals surface area contributed by atoms with Gasteiger partial charge < -0.3 is 5.11 Å². The van der Waals surface area contributed by atoms with Gasteiger partial charge in [-0.15, -0.1) is 0 Å². The molecule has 1 fully saturated rings. The maximum atomic E-state index is 13.9. The standard InChI is InChI=1S/C27H23NO3/c1-15-11-13-17(14-12-15)28-25(30)23-22-18-7-3-5-9-20(18)27(16(2)29,24(23)26(28)31)21-10-6-4-8-19(21)22/h3-14,16,22-24,29H,1-2H3/t16-,22?,23+,24-,27?/m1/s1. The molecule has 1 N–H and O–H groups in total. The second kappa shape index (κ2) is 6.14. The molecular weight excluding hydrogens is 386 g/mol. The van der Waals surface area contributed by atoms with Crippen LogP contribution in [0.5, 0.6) is 0 Å². The number of rotatable bonds is 2. The normalized spacial score (nSPS) is 28.9. The van der Waals surface area contributed by atoms with E-state index in [9.17, 15) is 14.7 Å². The highest BCUT2D eigenvalue weighted by Gasteiger charge is 2.69. The predicted octanol–water partition coefficient (Wildman–Crippen LogP) is 3.93. The smallest absolute Gasteiger partial charge is 0.239 e. The number of aliphatic hydroxyl groups is 1. The van der Waals surface area contributed by atoms with Gasteiger partial charge in [-0.1, -0.05) is 66.2 Å². The molecule has 0 spiro atoms. The Bertz CT molecular complexity index is 1200. The van der Waals surface area contributed by atoms with Crippen molar-refractivity contribution < 1.29 is 14.7 Å². The van der Waals surface area contributed by atoms with Crippen LogP contribution in [0.4, 0.5) is 5.69 Å². The van der Waals surface area contributed by atoms with Crippen molar-refractivity contribution in [1.29, 1.82) is 0 Å². The third kappa shape index (κ3) is 2.08. The molecule has 3 atom stereocenters. The van der Waals surface area contributed by atoms with E-state index in [1.807, 2.05) is 67.6 Å². The minimum atomic E-state index is -0.946. The van der Waals surface area contributed by atoms with Crippen LogP contribution in [-0.4, -0.2) is 23.0 Å². The van der Waals surface area contributed by atoms with E-state index in [2.05, 4.69) is 12.1 Å². The first-order valence-corrected chi connectivity index (χ1v) is 10.8. The molecule has 31 heavy (non-hydrogen) atoms. The number of amides is 2. The van der Waals surface area contributed by atoms with Crippen molar-refractivity contribution >= 4 is 17.5 Å². The highest BCUT2D eigenvalue weighted by molar-refractivity contribution is 6.23. The number of imide groups is 1. The number of nitrogens with zero attached hydrogens (tertiary/aromatic N) is 1. The Morgan fingerprint density at radius 3 is 1.94 bits per heavy atom. The van der Waals surface area contributed by atoms with Crippen LogP contribution in [0.2, 0.25) is 0 Å². The van der Waals surface area contributed by atoms with Crippen LogP contribution >= 0.6 is 0 Å². The molecule has 4 aliphatic rings. The van der Waals surface area contributed by atoms with E-state index in [-0.39, 0.29) is 17.7 Å². The number of anilines is 1. The van der Waals surface area contributed by atoms with Crippen molar-refractivity contribution in [2.75, 3.05) is 4.90 Å². The fourth-order valence-corrected chi connectivity index (χ4v) is 6.49. The van der Waals surface area contributed by atoms with Crippen LogP contribution in [0.3, 0.4) is 0 Å². The summed E-state index contributed by atoms with van der Waals surface area (Å²) in [5.74, 6) is -1.72. The topological polar surface area (TPSA) is 57.6 Å². The molecule has 7 rings (SSSR count). The molecule has 1 heterocycles. The van der Waals surface area contributed by atoms with Crippen LogP contribution in [-0.2, 0) is 15.0 Å². The Labute approximate surface area is 181 Å². The molecule has 1 aliphatic heterocycles. The molecule has 0 saturated carbocycles. The summed E-state index contributed by atoms with van der Waals surface area (Å²) in [7, 11) is 0. The van der Waals surface area contributed by atoms with Crippen molar-refractivity contribution in [3.05, 3.63) is 101 Å². The molecule has 1 saturated heterocycles. The second-order valence-electron chi connectivity index (χ2n) is 9.05. The molecule has 154 valence electrons. The van der Waals surface area contributed by atoms with Gasteiger partial charge in [-0.3, -0.25) is 9.59 Å². The van der Waals surface area contributed by atoms with Gasteiger partial charge in [0.15, 0.2) is 0 Å². The van der Waals surface area contributed by atoms with Crippen LogP contribution in [0, 0.1) is 18.8 Å². The predicted molar refractivity (Wildman–Crippen MR) is 118 cm³/mol. The van der Waals surface area contributed by atoms with E-state index in [0.717, 1.165) is 27.8 Å². The van der Waals surface area contributed by atoms with E-state index in [1.165, 1.54) is 4.90 Å². The third-order valence-electron chi connectivity index (χ3n) is 7.63. The number of aliphatic hydroxyl groups excluding tert-OH is 1. The van der Waals surface area contributed by atoms with Gasteiger partial charge in [0.1, 0.15) is 0 Å². The summed E-state index contributed by atoms with van der Waals surface area (Å²) in [6.07, 6.45) is -0.835. The fourth-order valence-electron chi connectivity index (χ4n) is 6.49. The van der Waals surface area contributed by atoms with Crippen LogP contribution < -0.4 is 4.90 Å². The Morgan fingerprint density at radius 2 is 1.39 bits per heavy atom. The Hall–Kier alpha value is -3.24. The largest absolute Gasteiger partial charge is 0.392 e. The van der Waals surface area contributed by atoms with Gasteiger partial charge in [0.05, 0.1) is 29.0 Å². The van der Waals surface area contributed by atoms with Crippen molar-refractivity contribution in [1.82, 2.24) is 0 Å². The first kappa shape index (κ1) is 18.5. The summed E-state index contributed by atoms with van der Waals surface area (Å²) >= 11 is 0. The van der Waals surface area contributed by atoms with Crippen LogP contribution in [0.15, 0.2) is 72.8 Å². The van der Waals surface area contributed by atoms with E-state index in [1.54, 1.807) is 6.92 Å². The zero-order chi connectivity index (χ0) is 21.5. The highest BCUT2D eigenvalue weighted by atomic mass is 16.3. The van der Waals surface area contributed by atoms with Gasteiger partial charge in [-0.05, 0) is 48.2 Å². The van der Waals surface area contributed by atoms with Crippen molar-refractivity contribution in [3.8, 4) is 0 Å². The summed E-state index contributed by atoms with van der Waals surface area (Å²) in [4.78, 5) is 29.1. The molecule has 2 bridgehead atoms. The quantitative estimate of drug-likeness (QED) is 0.653. The fraction of sp³-hybridized carbons (Fsp3) is 0.259. The van der Waals surface area contributed by atoms with Gasteiger partial charge in [0.2, 0.25) is 11.8 Å². The average Bonchev–Trinajstić information content (AvgIpc) is 3.05. The second-order valence-corrected chi connectivity index (χ2v) is 9.05. The first-order chi connectivity index (χ1) is 15.0. The number of benzene rings is 3. The van der Waals surface area contributed by atoms with Gasteiger partial charge in [0, 0.05) is 5.92 Å². The third-order valence-corrected chi connectivity index (χ3v) is 7.63. The lowest BCUT2D eigenvalue weighted by atomic mass is 9.46. The minimum absolute atomic E-state index is 0.169. The molecule has 3 aliphatic carbocycles.